The Labute approximate surface area is 235 Å². The maximum absolute atomic E-state index is 14.3. The summed E-state index contributed by atoms with van der Waals surface area (Å²) >= 11 is 12.7. The number of fused-ring (bicyclic) bond motifs is 4. The lowest BCUT2D eigenvalue weighted by Gasteiger charge is -2.35. The lowest BCUT2D eigenvalue weighted by molar-refractivity contribution is -0.119. The molecule has 2 amide bonds. The number of nitrogens with one attached hydrogen (secondary N) is 1. The van der Waals surface area contributed by atoms with Gasteiger partial charge >= 0.3 is 0 Å². The number of hydrogen-bond donors (Lipinski definition) is 1. The lowest BCUT2D eigenvalue weighted by atomic mass is 9.87. The number of ether oxygens (including phenoxy) is 2. The highest BCUT2D eigenvalue weighted by Crippen LogP contribution is 2.54. The van der Waals surface area contributed by atoms with Crippen LogP contribution in [0.15, 0.2) is 60.7 Å². The van der Waals surface area contributed by atoms with Gasteiger partial charge in [0.15, 0.2) is 11.2 Å². The van der Waals surface area contributed by atoms with Crippen LogP contribution in [0.5, 0.6) is 11.5 Å². The van der Waals surface area contributed by atoms with Gasteiger partial charge in [-0.2, -0.15) is 0 Å². The van der Waals surface area contributed by atoms with E-state index in [0.717, 1.165) is 0 Å². The molecule has 0 saturated carbocycles. The average Bonchev–Trinajstić information content (AvgIpc) is 3.52. The van der Waals surface area contributed by atoms with E-state index < -0.39 is 11.4 Å². The van der Waals surface area contributed by atoms with Gasteiger partial charge in [0, 0.05) is 39.1 Å². The zero-order chi connectivity index (χ0) is 27.6. The predicted octanol–water partition coefficient (Wildman–Crippen LogP) is 6.31. The Bertz CT molecular complexity index is 1680. The van der Waals surface area contributed by atoms with E-state index >= 15 is 0 Å². The Kier molecular flexibility index (Phi) is 5.86. The maximum Gasteiger partial charge on any atom is 0.280 e. The first-order chi connectivity index (χ1) is 18.7. The summed E-state index contributed by atoms with van der Waals surface area (Å²) in [7, 11) is 3.14. The second-order valence-corrected chi connectivity index (χ2v) is 10.5. The van der Waals surface area contributed by atoms with Crippen LogP contribution in [0.25, 0.3) is 11.4 Å². The Morgan fingerprint density at radius 2 is 1.72 bits per heavy atom. The standard InChI is InChI=1S/C29H24Cl2N4O4/c1-15(2)34-25-24(33-26(34)20-10-9-19(38-3)14-23(20)39-4)27(36)35(18-7-5-6-16(30)12-18)29(25)21-11-8-17(31)13-22(21)32-28(29)37/h5-15H,1-4H3,(H,32,37)/t29-/m0/s1. The van der Waals surface area contributed by atoms with Crippen LogP contribution in [0.3, 0.4) is 0 Å². The smallest absolute Gasteiger partial charge is 0.280 e. The number of hydrogen-bond acceptors (Lipinski definition) is 5. The molecule has 6 rings (SSSR count). The highest BCUT2D eigenvalue weighted by Gasteiger charge is 2.64. The van der Waals surface area contributed by atoms with Gasteiger partial charge < -0.3 is 19.4 Å². The highest BCUT2D eigenvalue weighted by atomic mass is 35.5. The van der Waals surface area contributed by atoms with Crippen LogP contribution in [0.2, 0.25) is 10.0 Å². The summed E-state index contributed by atoms with van der Waals surface area (Å²) in [4.78, 5) is 34.9. The first-order valence-corrected chi connectivity index (χ1v) is 13.0. The van der Waals surface area contributed by atoms with Crippen LogP contribution in [0, 0.1) is 0 Å². The van der Waals surface area contributed by atoms with Crippen molar-refractivity contribution >= 4 is 46.4 Å². The largest absolute Gasteiger partial charge is 0.497 e. The van der Waals surface area contributed by atoms with E-state index in [9.17, 15) is 9.59 Å². The summed E-state index contributed by atoms with van der Waals surface area (Å²) in [5.41, 5.74) is 1.35. The molecule has 1 aromatic heterocycles. The van der Waals surface area contributed by atoms with Gasteiger partial charge in [-0.25, -0.2) is 4.98 Å². The molecular weight excluding hydrogens is 539 g/mol. The number of carbonyl (C=O) groups excluding carboxylic acids is 2. The quantitative estimate of drug-likeness (QED) is 0.308. The predicted molar refractivity (Wildman–Crippen MR) is 150 cm³/mol. The van der Waals surface area contributed by atoms with Crippen LogP contribution in [-0.2, 0) is 10.3 Å². The molecule has 8 nitrogen and oxygen atoms in total. The average molecular weight is 563 g/mol. The van der Waals surface area contributed by atoms with Crippen molar-refractivity contribution in [2.24, 2.45) is 0 Å². The first kappa shape index (κ1) is 25.3. The fraction of sp³-hybridized carbons (Fsp3) is 0.207. The van der Waals surface area contributed by atoms with Gasteiger partial charge in [-0.3, -0.25) is 14.5 Å². The summed E-state index contributed by atoms with van der Waals surface area (Å²) < 4.78 is 13.0. The molecule has 3 aromatic carbocycles. The van der Waals surface area contributed by atoms with Gasteiger partial charge in [0.1, 0.15) is 17.3 Å². The molecular formula is C29H24Cl2N4O4. The zero-order valence-corrected chi connectivity index (χ0v) is 23.1. The van der Waals surface area contributed by atoms with Crippen molar-refractivity contribution in [3.63, 3.8) is 0 Å². The van der Waals surface area contributed by atoms with Crippen molar-refractivity contribution in [1.82, 2.24) is 9.55 Å². The number of methoxy groups -OCH3 is 2. The molecule has 198 valence electrons. The minimum absolute atomic E-state index is 0.175. The van der Waals surface area contributed by atoms with Crippen molar-refractivity contribution in [2.45, 2.75) is 25.4 Å². The van der Waals surface area contributed by atoms with E-state index in [4.69, 9.17) is 37.7 Å². The Morgan fingerprint density at radius 1 is 0.949 bits per heavy atom. The minimum Gasteiger partial charge on any atom is -0.497 e. The number of aromatic nitrogens is 2. The molecule has 3 heterocycles. The lowest BCUT2D eigenvalue weighted by Crippen LogP contribution is -2.51. The number of amides is 2. The summed E-state index contributed by atoms with van der Waals surface area (Å²) in [5.74, 6) is 0.839. The zero-order valence-electron chi connectivity index (χ0n) is 21.6. The molecule has 10 heteroatoms. The SMILES string of the molecule is COc1ccc(-c2nc3c(n2C(C)C)[C@@]2(C(=O)Nc4cc(Cl)ccc42)N(c2cccc(Cl)c2)C3=O)c(OC)c1. The fourth-order valence-corrected chi connectivity index (χ4v) is 5.98. The number of nitrogens with zero attached hydrogens (tertiary/aromatic N) is 3. The maximum atomic E-state index is 14.3. The minimum atomic E-state index is -1.55. The number of imidazole rings is 1. The molecule has 0 unspecified atom stereocenters. The Balaban J connectivity index is 1.71. The molecule has 0 fully saturated rings. The number of carbonyl (C=O) groups is 2. The normalized spacial score (nSPS) is 17.6. The molecule has 39 heavy (non-hydrogen) atoms. The van der Waals surface area contributed by atoms with Gasteiger partial charge in [-0.1, -0.05) is 35.3 Å². The summed E-state index contributed by atoms with van der Waals surface area (Å²) in [6.45, 7) is 3.97. The molecule has 4 aromatic rings. The third kappa shape index (κ3) is 3.48. The summed E-state index contributed by atoms with van der Waals surface area (Å²) in [5, 5.41) is 3.87. The number of anilines is 2. The molecule has 0 aliphatic carbocycles. The third-order valence-electron chi connectivity index (χ3n) is 7.18. The van der Waals surface area contributed by atoms with Crippen molar-refractivity contribution in [2.75, 3.05) is 24.4 Å². The van der Waals surface area contributed by atoms with E-state index in [0.29, 0.717) is 55.6 Å². The van der Waals surface area contributed by atoms with Gasteiger partial charge in [0.2, 0.25) is 0 Å². The molecule has 2 aliphatic rings. The molecule has 1 atom stereocenters. The fourth-order valence-electron chi connectivity index (χ4n) is 5.62. The van der Waals surface area contributed by atoms with E-state index in [-0.39, 0.29) is 17.6 Å². The van der Waals surface area contributed by atoms with Gasteiger partial charge in [0.25, 0.3) is 11.8 Å². The van der Waals surface area contributed by atoms with Gasteiger partial charge in [0.05, 0.1) is 25.5 Å². The summed E-state index contributed by atoms with van der Waals surface area (Å²) in [6, 6.07) is 17.3. The van der Waals surface area contributed by atoms with Crippen molar-refractivity contribution in [3.8, 4) is 22.9 Å². The van der Waals surface area contributed by atoms with Crippen LogP contribution >= 0.6 is 23.2 Å². The molecule has 0 radical (unpaired) electrons. The van der Waals surface area contributed by atoms with E-state index in [2.05, 4.69) is 5.32 Å². The highest BCUT2D eigenvalue weighted by molar-refractivity contribution is 6.32. The van der Waals surface area contributed by atoms with Gasteiger partial charge in [-0.05, 0) is 56.3 Å². The molecule has 2 aliphatic heterocycles. The monoisotopic (exact) mass is 562 g/mol. The van der Waals surface area contributed by atoms with E-state index in [1.165, 1.54) is 4.90 Å². The van der Waals surface area contributed by atoms with E-state index in [1.54, 1.807) is 68.8 Å². The van der Waals surface area contributed by atoms with Crippen molar-refractivity contribution in [1.29, 1.82) is 0 Å². The molecule has 0 bridgehead atoms. The number of rotatable bonds is 5. The van der Waals surface area contributed by atoms with Crippen LogP contribution < -0.4 is 19.7 Å². The van der Waals surface area contributed by atoms with Crippen LogP contribution in [0.1, 0.15) is 41.6 Å². The molecule has 1 N–H and O–H groups in total. The molecule has 0 saturated heterocycles. The van der Waals surface area contributed by atoms with Crippen LogP contribution in [0.4, 0.5) is 11.4 Å². The first-order valence-electron chi connectivity index (χ1n) is 12.3. The topological polar surface area (TPSA) is 85.7 Å². The Hall–Kier alpha value is -4.01. The van der Waals surface area contributed by atoms with Crippen molar-refractivity contribution in [3.05, 3.63) is 87.7 Å². The second-order valence-electron chi connectivity index (χ2n) is 9.64. The second kappa shape index (κ2) is 9.03. The van der Waals surface area contributed by atoms with Gasteiger partial charge in [-0.15, -0.1) is 0 Å². The Morgan fingerprint density at radius 3 is 2.41 bits per heavy atom. The van der Waals surface area contributed by atoms with Crippen LogP contribution in [-0.4, -0.2) is 35.6 Å². The third-order valence-corrected chi connectivity index (χ3v) is 7.65. The molecule has 1 spiro atoms. The number of halogens is 2. The number of benzene rings is 3. The van der Waals surface area contributed by atoms with Crippen molar-refractivity contribution < 1.29 is 19.1 Å². The summed E-state index contributed by atoms with van der Waals surface area (Å²) in [6.07, 6.45) is 0. The van der Waals surface area contributed by atoms with E-state index in [1.807, 2.05) is 24.5 Å².